The second-order valence-electron chi connectivity index (χ2n) is 8.04. The lowest BCUT2D eigenvalue weighted by atomic mass is 10.0. The number of benzene rings is 2. The van der Waals surface area contributed by atoms with Crippen molar-refractivity contribution in [1.29, 1.82) is 0 Å². The lowest BCUT2D eigenvalue weighted by Crippen LogP contribution is -2.36. The summed E-state index contributed by atoms with van der Waals surface area (Å²) in [4.78, 5) is 15.1. The zero-order chi connectivity index (χ0) is 20.4. The lowest BCUT2D eigenvalue weighted by molar-refractivity contribution is -0.118. The molecular weight excluding hydrogens is 384 g/mol. The average molecular weight is 413 g/mol. The van der Waals surface area contributed by atoms with Crippen LogP contribution in [0.5, 0.6) is 0 Å². The smallest absolute Gasteiger partial charge is 0.243 e. The highest BCUT2D eigenvalue weighted by Gasteiger charge is 2.29. The summed E-state index contributed by atoms with van der Waals surface area (Å²) >= 11 is 0. The second kappa shape index (κ2) is 8.28. The molecule has 0 atom stereocenters. The van der Waals surface area contributed by atoms with Gasteiger partial charge < -0.3 is 4.90 Å². The molecule has 2 aliphatic rings. The summed E-state index contributed by atoms with van der Waals surface area (Å²) in [6.07, 6.45) is 4.68. The zero-order valence-corrected chi connectivity index (χ0v) is 17.7. The van der Waals surface area contributed by atoms with Crippen molar-refractivity contribution in [2.24, 2.45) is 0 Å². The van der Waals surface area contributed by atoms with Crippen LogP contribution in [0.3, 0.4) is 0 Å². The highest BCUT2D eigenvalue weighted by Crippen LogP contribution is 2.31. The highest BCUT2D eigenvalue weighted by molar-refractivity contribution is 7.89. The first-order valence-electron chi connectivity index (χ1n) is 10.4. The molecule has 0 spiro atoms. The molecular formula is C23H28N2O3S. The minimum absolute atomic E-state index is 0.0996. The molecule has 0 N–H and O–H groups in total. The zero-order valence-electron chi connectivity index (χ0n) is 16.9. The molecule has 1 amide bonds. The van der Waals surface area contributed by atoms with Crippen LogP contribution in [0.1, 0.15) is 42.4 Å². The van der Waals surface area contributed by atoms with E-state index < -0.39 is 10.0 Å². The molecule has 0 aliphatic carbocycles. The van der Waals surface area contributed by atoms with E-state index in [0.29, 0.717) is 37.4 Å². The van der Waals surface area contributed by atoms with Gasteiger partial charge in [-0.3, -0.25) is 4.79 Å². The van der Waals surface area contributed by atoms with Crippen LogP contribution in [0, 0.1) is 6.92 Å². The topological polar surface area (TPSA) is 57.7 Å². The number of amides is 1. The van der Waals surface area contributed by atoms with E-state index in [1.807, 2.05) is 17.0 Å². The highest BCUT2D eigenvalue weighted by atomic mass is 32.2. The van der Waals surface area contributed by atoms with Gasteiger partial charge in [-0.2, -0.15) is 4.31 Å². The Hall–Kier alpha value is -2.18. The summed E-state index contributed by atoms with van der Waals surface area (Å²) in [7, 11) is -3.43. The van der Waals surface area contributed by atoms with Crippen LogP contribution in [0.25, 0.3) is 0 Å². The Morgan fingerprint density at radius 1 is 1.00 bits per heavy atom. The first-order chi connectivity index (χ1) is 13.9. The fourth-order valence-electron chi connectivity index (χ4n) is 4.32. The van der Waals surface area contributed by atoms with Gasteiger partial charge in [-0.15, -0.1) is 0 Å². The molecule has 0 saturated carbocycles. The molecule has 29 heavy (non-hydrogen) atoms. The predicted octanol–water partition coefficient (Wildman–Crippen LogP) is 3.69. The minimum Gasteiger partial charge on any atom is -0.312 e. The number of fused-ring (bicyclic) bond motifs is 1. The third-order valence-electron chi connectivity index (χ3n) is 5.88. The monoisotopic (exact) mass is 412 g/mol. The van der Waals surface area contributed by atoms with Crippen molar-refractivity contribution in [2.75, 3.05) is 24.5 Å². The minimum atomic E-state index is -3.43. The summed E-state index contributed by atoms with van der Waals surface area (Å²) in [6, 6.07) is 13.5. The number of carbonyl (C=O) groups excluding carboxylic acids is 1. The Morgan fingerprint density at radius 2 is 1.79 bits per heavy atom. The molecule has 4 rings (SSSR count). The van der Waals surface area contributed by atoms with Crippen LogP contribution in [0.15, 0.2) is 47.4 Å². The molecule has 2 aliphatic heterocycles. The van der Waals surface area contributed by atoms with Crippen molar-refractivity contribution in [2.45, 2.75) is 50.3 Å². The quantitative estimate of drug-likeness (QED) is 0.753. The van der Waals surface area contributed by atoms with E-state index in [1.54, 1.807) is 16.4 Å². The fourth-order valence-corrected chi connectivity index (χ4v) is 5.89. The van der Waals surface area contributed by atoms with Crippen LogP contribution in [-0.2, 0) is 27.7 Å². The molecule has 0 bridgehead atoms. The van der Waals surface area contributed by atoms with Gasteiger partial charge in [-0.1, -0.05) is 29.8 Å². The molecule has 2 heterocycles. The molecule has 1 saturated heterocycles. The Balaban J connectivity index is 1.51. The Labute approximate surface area is 173 Å². The number of rotatable bonds is 5. The number of anilines is 1. The summed E-state index contributed by atoms with van der Waals surface area (Å²) in [5.74, 6) is 0.0996. The number of hydrogen-bond acceptors (Lipinski definition) is 3. The summed E-state index contributed by atoms with van der Waals surface area (Å²) < 4.78 is 27.3. The molecule has 0 radical (unpaired) electrons. The Bertz CT molecular complexity index is 1010. The maximum atomic E-state index is 12.9. The van der Waals surface area contributed by atoms with Gasteiger partial charge >= 0.3 is 0 Å². The molecule has 0 unspecified atom stereocenters. The largest absolute Gasteiger partial charge is 0.312 e. The number of sulfonamides is 1. The van der Waals surface area contributed by atoms with Gasteiger partial charge in [0.2, 0.25) is 15.9 Å². The number of aryl methyl sites for hydroxylation is 3. The molecule has 0 aromatic heterocycles. The van der Waals surface area contributed by atoms with E-state index in [-0.39, 0.29) is 5.91 Å². The third kappa shape index (κ3) is 4.23. The number of nitrogens with zero attached hydrogens (tertiary/aromatic N) is 2. The SMILES string of the molecule is Cc1cccc(CCC(=O)N2CCCc3cc(S(=O)(=O)N4CCCC4)ccc32)c1. The molecule has 6 heteroatoms. The number of hydrogen-bond donors (Lipinski definition) is 0. The van der Waals surface area contributed by atoms with Gasteiger partial charge in [0, 0.05) is 31.7 Å². The van der Waals surface area contributed by atoms with E-state index in [2.05, 4.69) is 25.1 Å². The van der Waals surface area contributed by atoms with E-state index in [4.69, 9.17) is 0 Å². The van der Waals surface area contributed by atoms with E-state index >= 15 is 0 Å². The molecule has 2 aromatic rings. The third-order valence-corrected chi connectivity index (χ3v) is 7.78. The Morgan fingerprint density at radius 3 is 2.55 bits per heavy atom. The van der Waals surface area contributed by atoms with Crippen molar-refractivity contribution >= 4 is 21.6 Å². The molecule has 5 nitrogen and oxygen atoms in total. The van der Waals surface area contributed by atoms with E-state index in [1.165, 1.54) is 11.1 Å². The van der Waals surface area contributed by atoms with Gasteiger partial charge in [0.25, 0.3) is 0 Å². The normalized spacial score (nSPS) is 17.3. The van der Waals surface area contributed by atoms with Crippen LogP contribution in [0.4, 0.5) is 5.69 Å². The van der Waals surface area contributed by atoms with E-state index in [9.17, 15) is 13.2 Å². The standard InChI is InChI=1S/C23H28N2O3S/c1-18-6-4-7-19(16-18)9-12-23(26)25-15-5-8-20-17-21(10-11-22(20)25)29(27,28)24-13-2-3-14-24/h4,6-7,10-11,16-17H,2-3,5,8-9,12-15H2,1H3. The van der Waals surface area contributed by atoms with Crippen LogP contribution in [0.2, 0.25) is 0 Å². The van der Waals surface area contributed by atoms with Gasteiger partial charge in [-0.05, 0) is 68.4 Å². The van der Waals surface area contributed by atoms with Gasteiger partial charge in [0.1, 0.15) is 0 Å². The Kier molecular flexibility index (Phi) is 5.74. The van der Waals surface area contributed by atoms with Gasteiger partial charge in [0.15, 0.2) is 0 Å². The number of carbonyl (C=O) groups is 1. The van der Waals surface area contributed by atoms with E-state index in [0.717, 1.165) is 36.9 Å². The van der Waals surface area contributed by atoms with Crippen molar-refractivity contribution in [1.82, 2.24) is 4.31 Å². The molecule has 1 fully saturated rings. The van der Waals surface area contributed by atoms with Gasteiger partial charge in [0.05, 0.1) is 4.90 Å². The second-order valence-corrected chi connectivity index (χ2v) is 9.98. The average Bonchev–Trinajstić information content (AvgIpc) is 3.27. The van der Waals surface area contributed by atoms with Crippen molar-refractivity contribution in [3.63, 3.8) is 0 Å². The van der Waals surface area contributed by atoms with Gasteiger partial charge in [-0.25, -0.2) is 8.42 Å². The van der Waals surface area contributed by atoms with Crippen LogP contribution < -0.4 is 4.90 Å². The predicted molar refractivity (Wildman–Crippen MR) is 115 cm³/mol. The summed E-state index contributed by atoms with van der Waals surface area (Å²) in [5, 5.41) is 0. The summed E-state index contributed by atoms with van der Waals surface area (Å²) in [6.45, 7) is 3.95. The molecule has 154 valence electrons. The molecule has 2 aromatic carbocycles. The fraction of sp³-hybridized carbons (Fsp3) is 0.435. The summed E-state index contributed by atoms with van der Waals surface area (Å²) in [5.41, 5.74) is 4.19. The van der Waals surface area contributed by atoms with Crippen LogP contribution >= 0.6 is 0 Å². The first kappa shape index (κ1) is 20.1. The first-order valence-corrected chi connectivity index (χ1v) is 11.9. The van der Waals surface area contributed by atoms with Crippen molar-refractivity contribution in [3.05, 3.63) is 59.2 Å². The van der Waals surface area contributed by atoms with Crippen molar-refractivity contribution in [3.8, 4) is 0 Å². The maximum absolute atomic E-state index is 12.9. The lowest BCUT2D eigenvalue weighted by Gasteiger charge is -2.30. The van der Waals surface area contributed by atoms with Crippen molar-refractivity contribution < 1.29 is 13.2 Å². The van der Waals surface area contributed by atoms with Crippen LogP contribution in [-0.4, -0.2) is 38.3 Å². The maximum Gasteiger partial charge on any atom is 0.243 e.